The Bertz CT molecular complexity index is 297. The van der Waals surface area contributed by atoms with Crippen molar-refractivity contribution in [2.75, 3.05) is 11.9 Å². The second-order valence-corrected chi connectivity index (χ2v) is 5.37. The van der Waals surface area contributed by atoms with E-state index in [0.717, 1.165) is 11.0 Å². The first-order valence-corrected chi connectivity index (χ1v) is 5.37. The molecule has 0 amide bonds. The van der Waals surface area contributed by atoms with Crippen molar-refractivity contribution in [3.8, 4) is 0 Å². The number of hydrogen-bond acceptors (Lipinski definition) is 1. The van der Waals surface area contributed by atoms with Crippen LogP contribution in [0.4, 0.5) is 10.1 Å². The Hall–Kier alpha value is -0.570. The molecule has 0 spiro atoms. The molecule has 0 aliphatic carbocycles. The topological polar surface area (TPSA) is 12.0 Å². The SMILES string of the molecule is CC(C)(C)CNc1c(F)cccc1Br. The molecule has 0 heterocycles. The van der Waals surface area contributed by atoms with Gasteiger partial charge in [-0.05, 0) is 33.5 Å². The summed E-state index contributed by atoms with van der Waals surface area (Å²) in [6, 6.07) is 4.96. The molecule has 1 rings (SSSR count). The van der Waals surface area contributed by atoms with Gasteiger partial charge in [-0.15, -0.1) is 0 Å². The lowest BCUT2D eigenvalue weighted by atomic mass is 9.97. The van der Waals surface area contributed by atoms with Gasteiger partial charge in [0.15, 0.2) is 0 Å². The van der Waals surface area contributed by atoms with E-state index in [4.69, 9.17) is 0 Å². The van der Waals surface area contributed by atoms with E-state index < -0.39 is 0 Å². The third kappa shape index (κ3) is 3.29. The molecule has 0 bridgehead atoms. The van der Waals surface area contributed by atoms with Gasteiger partial charge in [0.2, 0.25) is 0 Å². The smallest absolute Gasteiger partial charge is 0.147 e. The zero-order chi connectivity index (χ0) is 10.8. The minimum atomic E-state index is -0.219. The second-order valence-electron chi connectivity index (χ2n) is 4.51. The average molecular weight is 260 g/mol. The van der Waals surface area contributed by atoms with E-state index in [1.54, 1.807) is 6.07 Å². The van der Waals surface area contributed by atoms with Crippen LogP contribution in [-0.2, 0) is 0 Å². The predicted molar refractivity (Wildman–Crippen MR) is 62.0 cm³/mol. The standard InChI is InChI=1S/C11H15BrFN/c1-11(2,3)7-14-10-8(12)5-4-6-9(10)13/h4-6,14H,7H2,1-3H3. The molecule has 0 fully saturated rings. The van der Waals surface area contributed by atoms with Crippen LogP contribution in [0.5, 0.6) is 0 Å². The Morgan fingerprint density at radius 2 is 2.00 bits per heavy atom. The van der Waals surface area contributed by atoms with Crippen molar-refractivity contribution in [1.29, 1.82) is 0 Å². The van der Waals surface area contributed by atoms with E-state index in [-0.39, 0.29) is 11.2 Å². The van der Waals surface area contributed by atoms with Gasteiger partial charge in [0, 0.05) is 11.0 Å². The van der Waals surface area contributed by atoms with Crippen molar-refractivity contribution in [1.82, 2.24) is 0 Å². The van der Waals surface area contributed by atoms with Gasteiger partial charge < -0.3 is 5.32 Å². The van der Waals surface area contributed by atoms with Crippen LogP contribution < -0.4 is 5.32 Å². The maximum Gasteiger partial charge on any atom is 0.147 e. The van der Waals surface area contributed by atoms with Gasteiger partial charge in [-0.2, -0.15) is 0 Å². The van der Waals surface area contributed by atoms with Crippen molar-refractivity contribution in [3.63, 3.8) is 0 Å². The van der Waals surface area contributed by atoms with Gasteiger partial charge in [0.25, 0.3) is 0 Å². The first-order valence-electron chi connectivity index (χ1n) is 4.58. The molecule has 1 aromatic carbocycles. The Morgan fingerprint density at radius 1 is 1.36 bits per heavy atom. The Kier molecular flexibility index (Phi) is 3.53. The fraction of sp³-hybridized carbons (Fsp3) is 0.455. The number of para-hydroxylation sites is 1. The molecule has 0 saturated heterocycles. The molecular weight excluding hydrogens is 245 g/mol. The molecule has 3 heteroatoms. The Morgan fingerprint density at radius 3 is 2.50 bits per heavy atom. The molecule has 0 aromatic heterocycles. The molecule has 0 radical (unpaired) electrons. The second kappa shape index (κ2) is 4.30. The quantitative estimate of drug-likeness (QED) is 0.845. The lowest BCUT2D eigenvalue weighted by molar-refractivity contribution is 0.442. The van der Waals surface area contributed by atoms with Crippen LogP contribution in [0.25, 0.3) is 0 Å². The molecule has 0 aliphatic rings. The fourth-order valence-corrected chi connectivity index (χ4v) is 1.50. The van der Waals surface area contributed by atoms with E-state index in [0.29, 0.717) is 5.69 Å². The van der Waals surface area contributed by atoms with Crippen LogP contribution in [-0.4, -0.2) is 6.54 Å². The van der Waals surface area contributed by atoms with Gasteiger partial charge in [-0.3, -0.25) is 0 Å². The van der Waals surface area contributed by atoms with Gasteiger partial charge >= 0.3 is 0 Å². The van der Waals surface area contributed by atoms with E-state index in [9.17, 15) is 4.39 Å². The third-order valence-electron chi connectivity index (χ3n) is 1.76. The summed E-state index contributed by atoms with van der Waals surface area (Å²) >= 11 is 3.31. The summed E-state index contributed by atoms with van der Waals surface area (Å²) in [7, 11) is 0. The molecule has 78 valence electrons. The van der Waals surface area contributed by atoms with Crippen molar-refractivity contribution in [3.05, 3.63) is 28.5 Å². The van der Waals surface area contributed by atoms with Crippen LogP contribution in [0.15, 0.2) is 22.7 Å². The first-order chi connectivity index (χ1) is 6.40. The number of rotatable bonds is 2. The van der Waals surface area contributed by atoms with Gasteiger partial charge in [0.1, 0.15) is 5.82 Å². The van der Waals surface area contributed by atoms with Crippen LogP contribution in [0.3, 0.4) is 0 Å². The molecule has 0 unspecified atom stereocenters. The molecular formula is C11H15BrFN. The number of benzene rings is 1. The van der Waals surface area contributed by atoms with Crippen molar-refractivity contribution < 1.29 is 4.39 Å². The first kappa shape index (κ1) is 11.5. The number of hydrogen-bond donors (Lipinski definition) is 1. The summed E-state index contributed by atoms with van der Waals surface area (Å²) in [5.41, 5.74) is 0.685. The number of anilines is 1. The van der Waals surface area contributed by atoms with Crippen molar-refractivity contribution in [2.24, 2.45) is 5.41 Å². The summed E-state index contributed by atoms with van der Waals surface area (Å²) < 4.78 is 14.1. The summed E-state index contributed by atoms with van der Waals surface area (Å²) in [6.07, 6.45) is 0. The molecule has 0 aliphatic heterocycles. The van der Waals surface area contributed by atoms with Crippen LogP contribution in [0.2, 0.25) is 0 Å². The molecule has 14 heavy (non-hydrogen) atoms. The monoisotopic (exact) mass is 259 g/mol. The zero-order valence-electron chi connectivity index (χ0n) is 8.70. The average Bonchev–Trinajstić information content (AvgIpc) is 2.01. The summed E-state index contributed by atoms with van der Waals surface area (Å²) in [5, 5.41) is 3.10. The highest BCUT2D eigenvalue weighted by molar-refractivity contribution is 9.10. The van der Waals surface area contributed by atoms with Crippen molar-refractivity contribution >= 4 is 21.6 Å². The van der Waals surface area contributed by atoms with Crippen LogP contribution >= 0.6 is 15.9 Å². The van der Waals surface area contributed by atoms with Crippen LogP contribution in [0, 0.1) is 11.2 Å². The highest BCUT2D eigenvalue weighted by Crippen LogP contribution is 2.26. The highest BCUT2D eigenvalue weighted by Gasteiger charge is 2.12. The van der Waals surface area contributed by atoms with E-state index in [1.807, 2.05) is 6.07 Å². The molecule has 1 nitrogen and oxygen atoms in total. The largest absolute Gasteiger partial charge is 0.381 e. The lowest BCUT2D eigenvalue weighted by Crippen LogP contribution is -2.19. The highest BCUT2D eigenvalue weighted by atomic mass is 79.9. The van der Waals surface area contributed by atoms with Gasteiger partial charge in [-0.1, -0.05) is 26.8 Å². The number of nitrogens with one attached hydrogen (secondary N) is 1. The molecule has 0 saturated carbocycles. The third-order valence-corrected chi connectivity index (χ3v) is 2.42. The van der Waals surface area contributed by atoms with E-state index in [1.165, 1.54) is 6.07 Å². The van der Waals surface area contributed by atoms with Gasteiger partial charge in [-0.25, -0.2) is 4.39 Å². The Balaban J connectivity index is 2.77. The van der Waals surface area contributed by atoms with E-state index in [2.05, 4.69) is 42.0 Å². The summed E-state index contributed by atoms with van der Waals surface area (Å²) in [6.45, 7) is 7.06. The predicted octanol–water partition coefficient (Wildman–Crippen LogP) is 4.05. The summed E-state index contributed by atoms with van der Waals surface area (Å²) in [4.78, 5) is 0. The molecule has 0 atom stereocenters. The van der Waals surface area contributed by atoms with Crippen LogP contribution in [0.1, 0.15) is 20.8 Å². The fourth-order valence-electron chi connectivity index (χ4n) is 1.02. The number of halogens is 2. The van der Waals surface area contributed by atoms with Crippen molar-refractivity contribution in [2.45, 2.75) is 20.8 Å². The molecule has 1 N–H and O–H groups in total. The molecule has 1 aromatic rings. The maximum absolute atomic E-state index is 13.3. The minimum Gasteiger partial charge on any atom is -0.381 e. The summed E-state index contributed by atoms with van der Waals surface area (Å²) in [5.74, 6) is -0.219. The lowest BCUT2D eigenvalue weighted by Gasteiger charge is -2.20. The normalized spacial score (nSPS) is 11.5. The Labute approximate surface area is 92.8 Å². The minimum absolute atomic E-state index is 0.141. The van der Waals surface area contributed by atoms with Gasteiger partial charge in [0.05, 0.1) is 5.69 Å². The maximum atomic E-state index is 13.3. The zero-order valence-corrected chi connectivity index (χ0v) is 10.3. The van der Waals surface area contributed by atoms with E-state index >= 15 is 0 Å².